The summed E-state index contributed by atoms with van der Waals surface area (Å²) in [5.74, 6) is 0.169. The lowest BCUT2D eigenvalue weighted by molar-refractivity contribution is -0.142. The summed E-state index contributed by atoms with van der Waals surface area (Å²) in [7, 11) is 0. The van der Waals surface area contributed by atoms with Gasteiger partial charge in [0, 0.05) is 6.54 Å². The van der Waals surface area contributed by atoms with Crippen LogP contribution in [0.15, 0.2) is 24.3 Å². The Bertz CT molecular complexity index is 416. The van der Waals surface area contributed by atoms with Crippen molar-refractivity contribution < 1.29 is 14.6 Å². The molecule has 0 amide bonds. The highest BCUT2D eigenvalue weighted by molar-refractivity contribution is 5.73. The minimum Gasteiger partial charge on any atom is -0.494 e. The molecule has 0 aliphatic carbocycles. The molecule has 1 fully saturated rings. The van der Waals surface area contributed by atoms with Crippen molar-refractivity contribution in [1.82, 2.24) is 4.90 Å². The number of ether oxygens (including phenoxy) is 1. The van der Waals surface area contributed by atoms with Crippen LogP contribution in [-0.2, 0) is 11.3 Å². The highest BCUT2D eigenvalue weighted by Gasteiger charge is 2.30. The molecule has 1 unspecified atom stereocenters. The molecule has 0 spiro atoms. The fourth-order valence-electron chi connectivity index (χ4n) is 2.44. The second-order valence-electron chi connectivity index (χ2n) is 4.96. The van der Waals surface area contributed by atoms with Crippen LogP contribution in [0.2, 0.25) is 0 Å². The molecule has 2 rings (SSSR count). The highest BCUT2D eigenvalue weighted by atomic mass is 16.5. The van der Waals surface area contributed by atoms with Crippen molar-refractivity contribution in [1.29, 1.82) is 0 Å². The summed E-state index contributed by atoms with van der Waals surface area (Å²) in [4.78, 5) is 13.1. The molecular formula is C15H21NO3. The van der Waals surface area contributed by atoms with Crippen molar-refractivity contribution in [2.45, 2.75) is 38.8 Å². The molecule has 4 nitrogen and oxygen atoms in total. The third-order valence-corrected chi connectivity index (χ3v) is 3.43. The minimum absolute atomic E-state index is 0.323. The van der Waals surface area contributed by atoms with Crippen molar-refractivity contribution in [3.05, 3.63) is 29.8 Å². The number of carboxylic acids is 1. The zero-order valence-corrected chi connectivity index (χ0v) is 11.3. The van der Waals surface area contributed by atoms with E-state index in [0.717, 1.165) is 43.7 Å². The number of nitrogens with zero attached hydrogens (tertiary/aromatic N) is 1. The number of carbonyl (C=O) groups is 1. The molecule has 1 N–H and O–H groups in total. The van der Waals surface area contributed by atoms with Crippen molar-refractivity contribution in [3.8, 4) is 5.75 Å². The Labute approximate surface area is 114 Å². The molecule has 4 heteroatoms. The first-order valence-corrected chi connectivity index (χ1v) is 6.89. The maximum Gasteiger partial charge on any atom is 0.320 e. The molecule has 0 aromatic heterocycles. The van der Waals surface area contributed by atoms with E-state index in [-0.39, 0.29) is 6.04 Å². The molecular weight excluding hydrogens is 242 g/mol. The van der Waals surface area contributed by atoms with E-state index in [2.05, 4.69) is 6.92 Å². The third kappa shape index (κ3) is 3.70. The van der Waals surface area contributed by atoms with Gasteiger partial charge in [-0.2, -0.15) is 0 Å². The Morgan fingerprint density at radius 1 is 1.42 bits per heavy atom. The summed E-state index contributed by atoms with van der Waals surface area (Å²) in [6.45, 7) is 4.37. The van der Waals surface area contributed by atoms with E-state index >= 15 is 0 Å². The van der Waals surface area contributed by atoms with E-state index in [1.54, 1.807) is 0 Å². The van der Waals surface area contributed by atoms with Crippen LogP contribution < -0.4 is 4.74 Å². The van der Waals surface area contributed by atoms with Crippen molar-refractivity contribution >= 4 is 5.97 Å². The summed E-state index contributed by atoms with van der Waals surface area (Å²) in [5, 5.41) is 9.14. The lowest BCUT2D eigenvalue weighted by atomic mass is 10.2. The van der Waals surface area contributed by atoms with Gasteiger partial charge in [-0.25, -0.2) is 0 Å². The molecule has 1 atom stereocenters. The summed E-state index contributed by atoms with van der Waals surface area (Å²) in [6, 6.07) is 7.62. The normalized spacial score (nSPS) is 19.5. The van der Waals surface area contributed by atoms with Crippen LogP contribution in [-0.4, -0.2) is 35.2 Å². The molecule has 1 aliphatic heterocycles. The van der Waals surface area contributed by atoms with E-state index in [4.69, 9.17) is 9.84 Å². The predicted molar refractivity (Wildman–Crippen MR) is 73.3 cm³/mol. The first kappa shape index (κ1) is 13.9. The standard InChI is InChI=1S/C15H21NO3/c1-2-10-19-13-7-5-12(6-8-13)11-16-9-3-4-14(16)15(17)18/h5-8,14H,2-4,9-11H2,1H3,(H,17,18). The molecule has 0 radical (unpaired) electrons. The smallest absolute Gasteiger partial charge is 0.320 e. The van der Waals surface area contributed by atoms with Gasteiger partial charge < -0.3 is 9.84 Å². The average Bonchev–Trinajstić information content (AvgIpc) is 2.86. The Kier molecular flexibility index (Phi) is 4.80. The van der Waals surface area contributed by atoms with Gasteiger partial charge in [-0.1, -0.05) is 19.1 Å². The second kappa shape index (κ2) is 6.57. The maximum absolute atomic E-state index is 11.1. The molecule has 0 bridgehead atoms. The van der Waals surface area contributed by atoms with Gasteiger partial charge in [-0.15, -0.1) is 0 Å². The fourth-order valence-corrected chi connectivity index (χ4v) is 2.44. The van der Waals surface area contributed by atoms with Gasteiger partial charge in [0.1, 0.15) is 11.8 Å². The van der Waals surface area contributed by atoms with Crippen LogP contribution in [0.25, 0.3) is 0 Å². The quantitative estimate of drug-likeness (QED) is 0.857. The Morgan fingerprint density at radius 2 is 2.16 bits per heavy atom. The van der Waals surface area contributed by atoms with Crippen molar-refractivity contribution in [3.63, 3.8) is 0 Å². The topological polar surface area (TPSA) is 49.8 Å². The van der Waals surface area contributed by atoms with Gasteiger partial charge in [-0.3, -0.25) is 9.69 Å². The summed E-state index contributed by atoms with van der Waals surface area (Å²) >= 11 is 0. The molecule has 1 aliphatic rings. The largest absolute Gasteiger partial charge is 0.494 e. The van der Waals surface area contributed by atoms with Crippen LogP contribution in [0.5, 0.6) is 5.75 Å². The zero-order chi connectivity index (χ0) is 13.7. The van der Waals surface area contributed by atoms with Crippen molar-refractivity contribution in [2.75, 3.05) is 13.2 Å². The number of likely N-dealkylation sites (tertiary alicyclic amines) is 1. The third-order valence-electron chi connectivity index (χ3n) is 3.43. The molecule has 1 heterocycles. The number of hydrogen-bond acceptors (Lipinski definition) is 3. The summed E-state index contributed by atoms with van der Waals surface area (Å²) < 4.78 is 5.53. The number of hydrogen-bond donors (Lipinski definition) is 1. The molecule has 1 aromatic rings. The van der Waals surface area contributed by atoms with Crippen LogP contribution in [0.1, 0.15) is 31.7 Å². The van der Waals surface area contributed by atoms with E-state index in [1.807, 2.05) is 29.2 Å². The molecule has 0 saturated carbocycles. The second-order valence-corrected chi connectivity index (χ2v) is 4.96. The van der Waals surface area contributed by atoms with Crippen LogP contribution in [0.4, 0.5) is 0 Å². The lowest BCUT2D eigenvalue weighted by Gasteiger charge is -2.21. The Morgan fingerprint density at radius 3 is 2.79 bits per heavy atom. The van der Waals surface area contributed by atoms with Crippen LogP contribution in [0.3, 0.4) is 0 Å². The zero-order valence-electron chi connectivity index (χ0n) is 11.3. The van der Waals surface area contributed by atoms with Crippen LogP contribution in [0, 0.1) is 0 Å². The number of rotatable bonds is 6. The first-order chi connectivity index (χ1) is 9.20. The van der Waals surface area contributed by atoms with E-state index < -0.39 is 5.97 Å². The molecule has 1 aromatic carbocycles. The summed E-state index contributed by atoms with van der Waals surface area (Å²) in [6.07, 6.45) is 2.72. The van der Waals surface area contributed by atoms with E-state index in [0.29, 0.717) is 6.54 Å². The number of carboxylic acid groups (broad SMARTS) is 1. The fraction of sp³-hybridized carbons (Fsp3) is 0.533. The number of benzene rings is 1. The average molecular weight is 263 g/mol. The van der Waals surface area contributed by atoms with E-state index in [1.165, 1.54) is 0 Å². The Balaban J connectivity index is 1.93. The minimum atomic E-state index is -0.708. The maximum atomic E-state index is 11.1. The van der Waals surface area contributed by atoms with Gasteiger partial charge in [0.15, 0.2) is 0 Å². The Hall–Kier alpha value is -1.55. The monoisotopic (exact) mass is 263 g/mol. The van der Waals surface area contributed by atoms with Crippen molar-refractivity contribution in [2.24, 2.45) is 0 Å². The van der Waals surface area contributed by atoms with Gasteiger partial charge in [0.25, 0.3) is 0 Å². The van der Waals surface area contributed by atoms with Gasteiger partial charge in [0.2, 0.25) is 0 Å². The first-order valence-electron chi connectivity index (χ1n) is 6.89. The van der Waals surface area contributed by atoms with Crippen LogP contribution >= 0.6 is 0 Å². The molecule has 1 saturated heterocycles. The highest BCUT2D eigenvalue weighted by Crippen LogP contribution is 2.21. The van der Waals surface area contributed by atoms with Gasteiger partial charge in [-0.05, 0) is 43.5 Å². The van der Waals surface area contributed by atoms with Gasteiger partial charge >= 0.3 is 5.97 Å². The molecule has 19 heavy (non-hydrogen) atoms. The van der Waals surface area contributed by atoms with E-state index in [9.17, 15) is 4.79 Å². The predicted octanol–water partition coefficient (Wildman–Crippen LogP) is 2.52. The molecule has 104 valence electrons. The number of aliphatic carboxylic acids is 1. The van der Waals surface area contributed by atoms with Gasteiger partial charge in [0.05, 0.1) is 6.61 Å². The lowest BCUT2D eigenvalue weighted by Crippen LogP contribution is -2.35. The SMILES string of the molecule is CCCOc1ccc(CN2CCCC2C(=O)O)cc1. The summed E-state index contributed by atoms with van der Waals surface area (Å²) in [5.41, 5.74) is 1.14.